The first-order valence-corrected chi connectivity index (χ1v) is 11.8. The molecule has 1 aliphatic carbocycles. The molecule has 1 saturated carbocycles. The van der Waals surface area contributed by atoms with Crippen LogP contribution in [0.25, 0.3) is 11.2 Å². The van der Waals surface area contributed by atoms with Gasteiger partial charge in [-0.15, -0.1) is 0 Å². The quantitative estimate of drug-likeness (QED) is 0.710. The summed E-state index contributed by atoms with van der Waals surface area (Å²) in [7, 11) is 0. The Hall–Kier alpha value is -2.26. The summed E-state index contributed by atoms with van der Waals surface area (Å²) in [5.74, 6) is 0.835. The number of carbonyl (C=O) groups excluding carboxylic acids is 1. The van der Waals surface area contributed by atoms with Crippen molar-refractivity contribution < 1.29 is 9.53 Å². The number of nitrogens with zero attached hydrogens (tertiary/aromatic N) is 6. The summed E-state index contributed by atoms with van der Waals surface area (Å²) >= 11 is 0. The highest BCUT2D eigenvalue weighted by atomic mass is 16.5. The van der Waals surface area contributed by atoms with Crippen LogP contribution in [-0.4, -0.2) is 79.6 Å². The Bertz CT molecular complexity index is 950. The van der Waals surface area contributed by atoms with Crippen LogP contribution in [0.3, 0.4) is 0 Å². The van der Waals surface area contributed by atoms with Crippen molar-refractivity contribution in [2.45, 2.75) is 75.3 Å². The van der Waals surface area contributed by atoms with Crippen LogP contribution in [0.2, 0.25) is 0 Å². The van der Waals surface area contributed by atoms with Gasteiger partial charge < -0.3 is 15.0 Å². The van der Waals surface area contributed by atoms with Gasteiger partial charge >= 0.3 is 0 Å². The number of anilines is 1. The summed E-state index contributed by atoms with van der Waals surface area (Å²) in [5, 5.41) is 3.46. The molecular formula is C22H31N7O2. The minimum Gasteiger partial charge on any atom is -0.365 e. The predicted molar refractivity (Wildman–Crippen MR) is 116 cm³/mol. The number of fused-ring (bicyclic) bond motifs is 1. The minimum absolute atomic E-state index is 0.0193. The number of imidazole rings is 1. The van der Waals surface area contributed by atoms with E-state index in [-0.39, 0.29) is 17.9 Å². The lowest BCUT2D eigenvalue weighted by molar-refractivity contribution is -0.120. The average molecular weight is 426 g/mol. The lowest BCUT2D eigenvalue weighted by Gasteiger charge is -2.45. The van der Waals surface area contributed by atoms with E-state index < -0.39 is 0 Å². The molecule has 166 valence electrons. The van der Waals surface area contributed by atoms with Gasteiger partial charge in [0.1, 0.15) is 12.6 Å². The monoisotopic (exact) mass is 425 g/mol. The van der Waals surface area contributed by atoms with Crippen molar-refractivity contribution in [3.63, 3.8) is 0 Å². The molecule has 9 heteroatoms. The molecule has 4 fully saturated rings. The van der Waals surface area contributed by atoms with Crippen molar-refractivity contribution in [3.8, 4) is 0 Å². The number of aromatic nitrogens is 4. The molecule has 9 nitrogen and oxygen atoms in total. The fraction of sp³-hybridized carbons (Fsp3) is 0.727. The predicted octanol–water partition coefficient (Wildman–Crippen LogP) is 2.16. The Morgan fingerprint density at radius 1 is 1.10 bits per heavy atom. The maximum Gasteiger partial charge on any atom is 0.209 e. The lowest BCUT2D eigenvalue weighted by atomic mass is 9.85. The van der Waals surface area contributed by atoms with Crippen molar-refractivity contribution in [1.29, 1.82) is 0 Å². The van der Waals surface area contributed by atoms with Crippen molar-refractivity contribution in [3.05, 3.63) is 12.7 Å². The van der Waals surface area contributed by atoms with E-state index in [9.17, 15) is 4.79 Å². The van der Waals surface area contributed by atoms with E-state index in [0.29, 0.717) is 6.04 Å². The Kier molecular flexibility index (Phi) is 4.83. The topological polar surface area (TPSA) is 88.4 Å². The van der Waals surface area contributed by atoms with Crippen molar-refractivity contribution in [2.24, 2.45) is 0 Å². The SMILES string of the molecule is O=CN1CCC2(CCCN2CC2CCC(n3cnc4c(NC5CC5)ncnc43)O2)CC1. The van der Waals surface area contributed by atoms with E-state index in [1.807, 2.05) is 11.2 Å². The molecule has 5 heterocycles. The molecule has 0 radical (unpaired) electrons. The first kappa shape index (κ1) is 19.4. The molecule has 3 aliphatic heterocycles. The molecule has 0 aromatic carbocycles. The van der Waals surface area contributed by atoms with Crippen molar-refractivity contribution in [2.75, 3.05) is 31.5 Å². The highest BCUT2D eigenvalue weighted by Crippen LogP contribution is 2.40. The summed E-state index contributed by atoms with van der Waals surface area (Å²) < 4.78 is 8.60. The number of piperidine rings is 1. The summed E-state index contributed by atoms with van der Waals surface area (Å²) in [6.07, 6.45) is 13.8. The highest BCUT2D eigenvalue weighted by Gasteiger charge is 2.44. The number of hydrogen-bond acceptors (Lipinski definition) is 7. The number of hydrogen-bond donors (Lipinski definition) is 1. The zero-order valence-corrected chi connectivity index (χ0v) is 17.9. The molecule has 6 rings (SSSR count). The Labute approximate surface area is 182 Å². The third kappa shape index (κ3) is 3.57. The van der Waals surface area contributed by atoms with Crippen LogP contribution in [0.5, 0.6) is 0 Å². The molecule has 4 aliphatic rings. The van der Waals surface area contributed by atoms with Gasteiger partial charge in [-0.1, -0.05) is 0 Å². The summed E-state index contributed by atoms with van der Waals surface area (Å²) in [4.78, 5) is 29.2. The van der Waals surface area contributed by atoms with Crippen LogP contribution in [0, 0.1) is 0 Å². The molecule has 1 amide bonds. The summed E-state index contributed by atoms with van der Waals surface area (Å²) in [6.45, 7) is 3.88. The Morgan fingerprint density at radius 3 is 2.77 bits per heavy atom. The lowest BCUT2D eigenvalue weighted by Crippen LogP contribution is -2.53. The van der Waals surface area contributed by atoms with Gasteiger partial charge in [0.05, 0.1) is 12.4 Å². The number of rotatable bonds is 6. The number of ether oxygens (including phenoxy) is 1. The molecule has 0 bridgehead atoms. The second kappa shape index (κ2) is 7.70. The van der Waals surface area contributed by atoms with E-state index in [4.69, 9.17) is 4.74 Å². The highest BCUT2D eigenvalue weighted by molar-refractivity contribution is 5.83. The van der Waals surface area contributed by atoms with Crippen LogP contribution in [0.1, 0.15) is 57.6 Å². The van der Waals surface area contributed by atoms with E-state index in [1.165, 1.54) is 25.7 Å². The van der Waals surface area contributed by atoms with Crippen LogP contribution in [0.4, 0.5) is 5.82 Å². The minimum atomic E-state index is -0.0193. The molecule has 2 aromatic heterocycles. The molecule has 2 unspecified atom stereocenters. The molecule has 2 atom stereocenters. The fourth-order valence-corrected chi connectivity index (χ4v) is 5.75. The van der Waals surface area contributed by atoms with E-state index in [0.717, 1.165) is 75.3 Å². The van der Waals surface area contributed by atoms with Gasteiger partial charge in [0.2, 0.25) is 6.41 Å². The van der Waals surface area contributed by atoms with Gasteiger partial charge in [-0.3, -0.25) is 14.3 Å². The van der Waals surface area contributed by atoms with E-state index in [2.05, 4.69) is 29.7 Å². The van der Waals surface area contributed by atoms with Gasteiger partial charge in [0, 0.05) is 31.2 Å². The van der Waals surface area contributed by atoms with E-state index in [1.54, 1.807) is 6.33 Å². The van der Waals surface area contributed by atoms with Crippen molar-refractivity contribution in [1.82, 2.24) is 29.3 Å². The van der Waals surface area contributed by atoms with Gasteiger partial charge in [0.25, 0.3) is 0 Å². The third-order valence-electron chi connectivity index (χ3n) is 7.72. The largest absolute Gasteiger partial charge is 0.365 e. The van der Waals surface area contributed by atoms with Gasteiger partial charge in [-0.25, -0.2) is 15.0 Å². The Morgan fingerprint density at radius 2 is 1.97 bits per heavy atom. The summed E-state index contributed by atoms with van der Waals surface area (Å²) in [6, 6.07) is 0.529. The number of amides is 1. The zero-order chi connectivity index (χ0) is 20.8. The maximum atomic E-state index is 11.1. The van der Waals surface area contributed by atoms with Crippen LogP contribution in [0.15, 0.2) is 12.7 Å². The van der Waals surface area contributed by atoms with Crippen LogP contribution >= 0.6 is 0 Å². The Balaban J connectivity index is 1.13. The average Bonchev–Trinajstić information content (AvgIpc) is 3.16. The standard InChI is InChI=1S/C22H31N7O2/c30-15-27-10-7-22(8-11-27)6-1-9-28(22)12-17-4-5-18(31-17)29-14-25-19-20(26-16-2-3-16)23-13-24-21(19)29/h13-18H,1-12H2,(H,23,24,26). The second-order valence-corrected chi connectivity index (χ2v) is 9.67. The first-order chi connectivity index (χ1) is 15.2. The molecule has 2 aromatic rings. The van der Waals surface area contributed by atoms with E-state index >= 15 is 0 Å². The first-order valence-electron chi connectivity index (χ1n) is 11.8. The zero-order valence-electron chi connectivity index (χ0n) is 17.9. The molecule has 31 heavy (non-hydrogen) atoms. The smallest absolute Gasteiger partial charge is 0.209 e. The van der Waals surface area contributed by atoms with Gasteiger partial charge in [0.15, 0.2) is 17.0 Å². The fourth-order valence-electron chi connectivity index (χ4n) is 5.75. The molecular weight excluding hydrogens is 394 g/mol. The van der Waals surface area contributed by atoms with Gasteiger partial charge in [-0.2, -0.15) is 0 Å². The normalized spacial score (nSPS) is 28.6. The summed E-state index contributed by atoms with van der Waals surface area (Å²) in [5.41, 5.74) is 1.95. The van der Waals surface area contributed by atoms with Crippen LogP contribution in [-0.2, 0) is 9.53 Å². The number of likely N-dealkylation sites (tertiary alicyclic amines) is 2. The molecule has 1 spiro atoms. The number of nitrogens with one attached hydrogen (secondary N) is 1. The second-order valence-electron chi connectivity index (χ2n) is 9.67. The number of carbonyl (C=O) groups is 1. The molecule has 1 N–H and O–H groups in total. The molecule has 3 saturated heterocycles. The van der Waals surface area contributed by atoms with Crippen LogP contribution < -0.4 is 5.32 Å². The maximum absolute atomic E-state index is 11.1. The van der Waals surface area contributed by atoms with Gasteiger partial charge in [-0.05, 0) is 57.9 Å². The third-order valence-corrected chi connectivity index (χ3v) is 7.72. The van der Waals surface area contributed by atoms with Crippen molar-refractivity contribution >= 4 is 23.4 Å².